The van der Waals surface area contributed by atoms with Crippen LogP contribution in [0.3, 0.4) is 0 Å². The van der Waals surface area contributed by atoms with Crippen LogP contribution in [0.1, 0.15) is 6.42 Å². The van der Waals surface area contributed by atoms with Gasteiger partial charge in [-0.2, -0.15) is 0 Å². The molecule has 110 valence electrons. The number of amides is 1. The molecule has 0 bridgehead atoms. The van der Waals surface area contributed by atoms with E-state index in [0.29, 0.717) is 18.0 Å². The van der Waals surface area contributed by atoms with E-state index in [2.05, 4.69) is 10.3 Å². The zero-order valence-electron chi connectivity index (χ0n) is 10.8. The lowest BCUT2D eigenvalue weighted by atomic mass is 10.2. The fourth-order valence-corrected chi connectivity index (χ4v) is 1.32. The Morgan fingerprint density at radius 2 is 2.16 bits per heavy atom. The highest BCUT2D eigenvalue weighted by Crippen LogP contribution is 2.21. The van der Waals surface area contributed by atoms with E-state index in [-0.39, 0.29) is 43.2 Å². The Kier molecular flexibility index (Phi) is 11.5. The highest BCUT2D eigenvalue weighted by molar-refractivity contribution is 5.92. The molecule has 0 radical (unpaired) electrons. The second-order valence-electron chi connectivity index (χ2n) is 3.42. The molecule has 1 unspecified atom stereocenters. The second-order valence-corrected chi connectivity index (χ2v) is 3.42. The number of nitrogens with one attached hydrogen (secondary N) is 1. The quantitative estimate of drug-likeness (QED) is 0.825. The van der Waals surface area contributed by atoms with Gasteiger partial charge in [0.2, 0.25) is 5.91 Å². The molecule has 0 aromatic carbocycles. The fourth-order valence-electron chi connectivity index (χ4n) is 1.32. The highest BCUT2D eigenvalue weighted by atomic mass is 35.5. The van der Waals surface area contributed by atoms with E-state index < -0.39 is 0 Å². The molecule has 0 aliphatic heterocycles. The number of methoxy groups -OCH3 is 2. The first-order valence-electron chi connectivity index (χ1n) is 5.22. The molecule has 8 heteroatoms. The van der Waals surface area contributed by atoms with E-state index in [9.17, 15) is 4.79 Å². The lowest BCUT2D eigenvalue weighted by Crippen LogP contribution is -2.28. The minimum atomic E-state index is -0.280. The largest absolute Gasteiger partial charge is 0.494 e. The number of hydrogen-bond donors (Lipinski definition) is 2. The van der Waals surface area contributed by atoms with Gasteiger partial charge in [-0.05, 0) is 0 Å². The summed E-state index contributed by atoms with van der Waals surface area (Å²) in [4.78, 5) is 15.6. The molecule has 0 aliphatic carbocycles. The number of nitrogens with two attached hydrogens (primary N) is 1. The Morgan fingerprint density at radius 1 is 1.47 bits per heavy atom. The summed E-state index contributed by atoms with van der Waals surface area (Å²) in [5.74, 6) is 0.378. The number of aromatic nitrogens is 1. The Hall–Kier alpha value is -1.08. The van der Waals surface area contributed by atoms with Crippen molar-refractivity contribution in [3.63, 3.8) is 0 Å². The van der Waals surface area contributed by atoms with Crippen molar-refractivity contribution in [3.8, 4) is 5.75 Å². The van der Waals surface area contributed by atoms with Crippen molar-refractivity contribution in [2.45, 2.75) is 12.5 Å². The van der Waals surface area contributed by atoms with Crippen LogP contribution < -0.4 is 15.8 Å². The van der Waals surface area contributed by atoms with Gasteiger partial charge in [-0.25, -0.2) is 0 Å². The van der Waals surface area contributed by atoms with Crippen molar-refractivity contribution < 1.29 is 14.3 Å². The number of rotatable bonds is 6. The molecule has 0 saturated heterocycles. The van der Waals surface area contributed by atoms with Crippen molar-refractivity contribution in [1.82, 2.24) is 4.98 Å². The third-order valence-electron chi connectivity index (χ3n) is 2.28. The summed E-state index contributed by atoms with van der Waals surface area (Å²) in [7, 11) is 3.05. The summed E-state index contributed by atoms with van der Waals surface area (Å²) in [6.07, 6.45) is 3.04. The Labute approximate surface area is 124 Å². The zero-order valence-corrected chi connectivity index (χ0v) is 12.4. The summed E-state index contributed by atoms with van der Waals surface area (Å²) in [5.41, 5.74) is 5.97. The first-order chi connectivity index (χ1) is 8.21. The summed E-state index contributed by atoms with van der Waals surface area (Å²) in [6, 6.07) is 1.67. The molecule has 0 aliphatic rings. The van der Waals surface area contributed by atoms with Gasteiger partial charge in [-0.3, -0.25) is 9.78 Å². The number of carbonyl (C=O) groups excluding carboxylic acids is 1. The van der Waals surface area contributed by atoms with Gasteiger partial charge in [-0.15, -0.1) is 24.8 Å². The molecule has 1 rings (SSSR count). The molecular weight excluding hydrogens is 293 g/mol. The maximum absolute atomic E-state index is 11.7. The summed E-state index contributed by atoms with van der Waals surface area (Å²) < 4.78 is 10.1. The molecule has 1 heterocycles. The van der Waals surface area contributed by atoms with E-state index in [0.717, 1.165) is 0 Å². The van der Waals surface area contributed by atoms with Gasteiger partial charge in [0.25, 0.3) is 0 Å². The first-order valence-corrected chi connectivity index (χ1v) is 5.22. The van der Waals surface area contributed by atoms with Crippen LogP contribution in [0.5, 0.6) is 5.75 Å². The Balaban J connectivity index is 0. The Bertz CT molecular complexity index is 376. The number of anilines is 1. The summed E-state index contributed by atoms with van der Waals surface area (Å²) >= 11 is 0. The van der Waals surface area contributed by atoms with Gasteiger partial charge in [0.15, 0.2) is 0 Å². The molecule has 0 saturated carbocycles. The van der Waals surface area contributed by atoms with Crippen LogP contribution in [-0.4, -0.2) is 37.8 Å². The van der Waals surface area contributed by atoms with Gasteiger partial charge >= 0.3 is 0 Å². The number of hydrogen-bond acceptors (Lipinski definition) is 5. The van der Waals surface area contributed by atoms with Crippen molar-refractivity contribution in [3.05, 3.63) is 18.5 Å². The topological polar surface area (TPSA) is 86.5 Å². The molecule has 6 nitrogen and oxygen atoms in total. The van der Waals surface area contributed by atoms with Crippen molar-refractivity contribution in [1.29, 1.82) is 0 Å². The summed E-state index contributed by atoms with van der Waals surface area (Å²) in [6.45, 7) is 0.300. The van der Waals surface area contributed by atoms with E-state index in [1.54, 1.807) is 12.3 Å². The smallest absolute Gasteiger partial charge is 0.227 e. The molecule has 1 aromatic heterocycles. The molecule has 0 fully saturated rings. The number of pyridine rings is 1. The minimum Gasteiger partial charge on any atom is -0.494 e. The first kappa shape index (κ1) is 20.2. The third-order valence-corrected chi connectivity index (χ3v) is 2.28. The zero-order chi connectivity index (χ0) is 12.7. The van der Waals surface area contributed by atoms with Gasteiger partial charge in [0.1, 0.15) is 11.4 Å². The Morgan fingerprint density at radius 3 is 2.68 bits per heavy atom. The predicted molar refractivity (Wildman–Crippen MR) is 78.4 cm³/mol. The number of nitrogens with zero attached hydrogens (tertiary/aromatic N) is 1. The lowest BCUT2D eigenvalue weighted by molar-refractivity contribution is -0.118. The van der Waals surface area contributed by atoms with Crippen LogP contribution in [-0.2, 0) is 9.53 Å². The minimum absolute atomic E-state index is 0. The SMILES string of the molecule is COc1ccncc1NC(=O)CC(CN)OC.Cl.Cl. The molecule has 0 spiro atoms. The van der Waals surface area contributed by atoms with Crippen LogP contribution in [0, 0.1) is 0 Å². The van der Waals surface area contributed by atoms with Crippen LogP contribution in [0.15, 0.2) is 18.5 Å². The predicted octanol–water partition coefficient (Wildman–Crippen LogP) is 1.24. The van der Waals surface area contributed by atoms with E-state index in [4.69, 9.17) is 15.2 Å². The standard InChI is InChI=1S/C11H17N3O3.2ClH/c1-16-8(6-12)5-11(15)14-9-7-13-4-3-10(9)17-2;;/h3-4,7-8H,5-6,12H2,1-2H3,(H,14,15);2*1H. The number of ether oxygens (including phenoxy) is 2. The molecule has 19 heavy (non-hydrogen) atoms. The van der Waals surface area contributed by atoms with E-state index in [1.165, 1.54) is 20.4 Å². The average molecular weight is 312 g/mol. The fraction of sp³-hybridized carbons (Fsp3) is 0.455. The van der Waals surface area contributed by atoms with Gasteiger partial charge in [0, 0.05) is 25.9 Å². The van der Waals surface area contributed by atoms with Crippen LogP contribution in [0.4, 0.5) is 5.69 Å². The van der Waals surface area contributed by atoms with E-state index >= 15 is 0 Å². The molecule has 1 aromatic rings. The van der Waals surface area contributed by atoms with Crippen molar-refractivity contribution in [2.24, 2.45) is 5.73 Å². The number of halogens is 2. The van der Waals surface area contributed by atoms with Crippen molar-refractivity contribution in [2.75, 3.05) is 26.1 Å². The summed E-state index contributed by atoms with van der Waals surface area (Å²) in [5, 5.41) is 2.70. The van der Waals surface area contributed by atoms with Crippen LogP contribution in [0.25, 0.3) is 0 Å². The third kappa shape index (κ3) is 6.58. The van der Waals surface area contributed by atoms with Gasteiger partial charge < -0.3 is 20.5 Å². The molecule has 1 amide bonds. The van der Waals surface area contributed by atoms with Crippen LogP contribution in [0.2, 0.25) is 0 Å². The van der Waals surface area contributed by atoms with Gasteiger partial charge in [-0.1, -0.05) is 0 Å². The maximum atomic E-state index is 11.7. The molecule has 3 N–H and O–H groups in total. The monoisotopic (exact) mass is 311 g/mol. The van der Waals surface area contributed by atoms with Crippen molar-refractivity contribution >= 4 is 36.4 Å². The maximum Gasteiger partial charge on any atom is 0.227 e. The second kappa shape index (κ2) is 10.8. The lowest BCUT2D eigenvalue weighted by Gasteiger charge is -2.13. The van der Waals surface area contributed by atoms with Crippen LogP contribution >= 0.6 is 24.8 Å². The van der Waals surface area contributed by atoms with Gasteiger partial charge in [0.05, 0.1) is 25.8 Å². The normalized spacial score (nSPS) is 10.7. The number of carbonyl (C=O) groups is 1. The molecular formula is C11H19Cl2N3O3. The molecule has 1 atom stereocenters. The van der Waals surface area contributed by atoms with E-state index in [1.807, 2.05) is 0 Å². The highest BCUT2D eigenvalue weighted by Gasteiger charge is 2.13. The average Bonchev–Trinajstić information content (AvgIpc) is 2.36.